The number of benzene rings is 1. The van der Waals surface area contributed by atoms with Crippen LogP contribution in [-0.2, 0) is 6.42 Å². The van der Waals surface area contributed by atoms with Crippen LogP contribution >= 0.6 is 0 Å². The van der Waals surface area contributed by atoms with E-state index < -0.39 is 0 Å². The number of amides is 2. The van der Waals surface area contributed by atoms with Crippen LogP contribution in [0.4, 0.5) is 10.5 Å². The van der Waals surface area contributed by atoms with Gasteiger partial charge in [-0.2, -0.15) is 0 Å². The highest BCUT2D eigenvalue weighted by atomic mass is 16.2. The lowest BCUT2D eigenvalue weighted by molar-refractivity contribution is 0.251. The van der Waals surface area contributed by atoms with Crippen molar-refractivity contribution in [2.45, 2.75) is 27.2 Å². The number of carbonyl (C=O) groups excluding carboxylic acids is 1. The Balaban J connectivity index is 2.49. The van der Waals surface area contributed by atoms with E-state index in [1.807, 2.05) is 18.2 Å². The van der Waals surface area contributed by atoms with Gasteiger partial charge in [0.05, 0.1) is 0 Å². The minimum absolute atomic E-state index is 0.137. The van der Waals surface area contributed by atoms with Crippen molar-refractivity contribution in [1.29, 1.82) is 0 Å². The summed E-state index contributed by atoms with van der Waals surface area (Å²) in [6.45, 7) is 6.92. The van der Waals surface area contributed by atoms with Gasteiger partial charge in [-0.1, -0.05) is 32.9 Å². The molecule has 2 amide bonds. The predicted molar refractivity (Wildman–Crippen MR) is 67.7 cm³/mol. The van der Waals surface area contributed by atoms with E-state index in [1.54, 1.807) is 0 Å². The lowest BCUT2D eigenvalue weighted by atomic mass is 10.1. The molecule has 0 saturated heterocycles. The molecule has 2 N–H and O–H groups in total. The highest BCUT2D eigenvalue weighted by molar-refractivity contribution is 5.89. The number of nitrogens with one attached hydrogen (secondary N) is 2. The van der Waals surface area contributed by atoms with Crippen molar-refractivity contribution in [3.05, 3.63) is 29.8 Å². The van der Waals surface area contributed by atoms with E-state index in [-0.39, 0.29) is 6.03 Å². The maximum Gasteiger partial charge on any atom is 0.319 e. The van der Waals surface area contributed by atoms with Crippen LogP contribution in [0.5, 0.6) is 0 Å². The highest BCUT2D eigenvalue weighted by Gasteiger charge is 2.02. The first kappa shape index (κ1) is 12.6. The standard InChI is InChI=1S/C13H20N2O/c1-4-11-6-5-7-12(8-11)15-13(16)14-9-10(2)3/h5-8,10H,4,9H2,1-3H3,(H2,14,15,16). The molecule has 0 aliphatic rings. The minimum Gasteiger partial charge on any atom is -0.338 e. The van der Waals surface area contributed by atoms with Gasteiger partial charge in [-0.15, -0.1) is 0 Å². The average Bonchev–Trinajstić information content (AvgIpc) is 2.26. The fourth-order valence-corrected chi connectivity index (χ4v) is 1.34. The van der Waals surface area contributed by atoms with Gasteiger partial charge >= 0.3 is 6.03 Å². The highest BCUT2D eigenvalue weighted by Crippen LogP contribution is 2.10. The van der Waals surface area contributed by atoms with Crippen molar-refractivity contribution in [3.8, 4) is 0 Å². The summed E-state index contributed by atoms with van der Waals surface area (Å²) < 4.78 is 0. The van der Waals surface area contributed by atoms with Crippen LogP contribution in [-0.4, -0.2) is 12.6 Å². The van der Waals surface area contributed by atoms with Gasteiger partial charge in [-0.05, 0) is 30.0 Å². The Labute approximate surface area is 97.2 Å². The van der Waals surface area contributed by atoms with Crippen molar-refractivity contribution in [2.75, 3.05) is 11.9 Å². The molecular formula is C13H20N2O. The molecule has 0 atom stereocenters. The number of urea groups is 1. The molecule has 1 aromatic rings. The summed E-state index contributed by atoms with van der Waals surface area (Å²) >= 11 is 0. The quantitative estimate of drug-likeness (QED) is 0.804. The largest absolute Gasteiger partial charge is 0.338 e. The van der Waals surface area contributed by atoms with Crippen molar-refractivity contribution in [3.63, 3.8) is 0 Å². The topological polar surface area (TPSA) is 41.1 Å². The number of carbonyl (C=O) groups is 1. The third kappa shape index (κ3) is 4.34. The second-order valence-corrected chi connectivity index (χ2v) is 4.28. The molecule has 0 heterocycles. The SMILES string of the molecule is CCc1cccc(NC(=O)NCC(C)C)c1. The lowest BCUT2D eigenvalue weighted by Crippen LogP contribution is -2.31. The van der Waals surface area contributed by atoms with Crippen LogP contribution in [0.15, 0.2) is 24.3 Å². The summed E-state index contributed by atoms with van der Waals surface area (Å²) in [6, 6.07) is 7.76. The Morgan fingerprint density at radius 3 is 2.75 bits per heavy atom. The zero-order valence-electron chi connectivity index (χ0n) is 10.2. The van der Waals surface area contributed by atoms with Gasteiger partial charge < -0.3 is 10.6 Å². The molecule has 0 spiro atoms. The summed E-state index contributed by atoms with van der Waals surface area (Å²) in [7, 11) is 0. The van der Waals surface area contributed by atoms with Gasteiger partial charge in [0.1, 0.15) is 0 Å². The van der Waals surface area contributed by atoms with E-state index in [1.165, 1.54) is 5.56 Å². The summed E-state index contributed by atoms with van der Waals surface area (Å²) in [4.78, 5) is 11.5. The summed E-state index contributed by atoms with van der Waals surface area (Å²) in [5.74, 6) is 0.465. The van der Waals surface area contributed by atoms with E-state index in [4.69, 9.17) is 0 Å². The zero-order valence-corrected chi connectivity index (χ0v) is 10.2. The fraction of sp³-hybridized carbons (Fsp3) is 0.462. The molecule has 16 heavy (non-hydrogen) atoms. The van der Waals surface area contributed by atoms with Crippen molar-refractivity contribution >= 4 is 11.7 Å². The molecule has 0 fully saturated rings. The van der Waals surface area contributed by atoms with Gasteiger partial charge in [0.15, 0.2) is 0 Å². The monoisotopic (exact) mass is 220 g/mol. The third-order valence-corrected chi connectivity index (χ3v) is 2.26. The average molecular weight is 220 g/mol. The lowest BCUT2D eigenvalue weighted by Gasteiger charge is -2.10. The van der Waals surface area contributed by atoms with Crippen LogP contribution in [0.1, 0.15) is 26.3 Å². The molecule has 1 rings (SSSR count). The molecule has 3 heteroatoms. The molecule has 0 aliphatic carbocycles. The molecular weight excluding hydrogens is 200 g/mol. The second kappa shape index (κ2) is 6.16. The van der Waals surface area contributed by atoms with Crippen LogP contribution in [0.3, 0.4) is 0 Å². The zero-order chi connectivity index (χ0) is 12.0. The molecule has 1 aromatic carbocycles. The number of hydrogen-bond donors (Lipinski definition) is 2. The van der Waals surface area contributed by atoms with Gasteiger partial charge in [0.25, 0.3) is 0 Å². The third-order valence-electron chi connectivity index (χ3n) is 2.26. The Morgan fingerprint density at radius 2 is 2.12 bits per heavy atom. The molecule has 0 saturated carbocycles. The van der Waals surface area contributed by atoms with Crippen molar-refractivity contribution < 1.29 is 4.79 Å². The van der Waals surface area contributed by atoms with E-state index >= 15 is 0 Å². The summed E-state index contributed by atoms with van der Waals surface area (Å²) in [5, 5.41) is 5.64. The van der Waals surface area contributed by atoms with Crippen molar-refractivity contribution in [1.82, 2.24) is 5.32 Å². The normalized spacial score (nSPS) is 10.2. The molecule has 0 unspecified atom stereocenters. The van der Waals surface area contributed by atoms with Gasteiger partial charge in [0.2, 0.25) is 0 Å². The van der Waals surface area contributed by atoms with Crippen LogP contribution < -0.4 is 10.6 Å². The maximum atomic E-state index is 11.5. The Kier molecular flexibility index (Phi) is 4.83. The first-order chi connectivity index (χ1) is 7.61. The maximum absolute atomic E-state index is 11.5. The van der Waals surface area contributed by atoms with Crippen LogP contribution in [0.2, 0.25) is 0 Å². The molecule has 0 radical (unpaired) electrons. The summed E-state index contributed by atoms with van der Waals surface area (Å²) in [6.07, 6.45) is 0.975. The van der Waals surface area contributed by atoms with Gasteiger partial charge in [0, 0.05) is 12.2 Å². The second-order valence-electron chi connectivity index (χ2n) is 4.28. The van der Waals surface area contributed by atoms with E-state index in [0.717, 1.165) is 12.1 Å². The predicted octanol–water partition coefficient (Wildman–Crippen LogP) is 3.03. The number of aryl methyl sites for hydroxylation is 1. The van der Waals surface area contributed by atoms with Crippen molar-refractivity contribution in [2.24, 2.45) is 5.92 Å². The molecule has 0 aliphatic heterocycles. The first-order valence-corrected chi connectivity index (χ1v) is 5.75. The minimum atomic E-state index is -0.137. The molecule has 3 nitrogen and oxygen atoms in total. The van der Waals surface area contributed by atoms with E-state index in [0.29, 0.717) is 12.5 Å². The van der Waals surface area contributed by atoms with Gasteiger partial charge in [-0.3, -0.25) is 0 Å². The first-order valence-electron chi connectivity index (χ1n) is 5.75. The number of anilines is 1. The van der Waals surface area contributed by atoms with E-state index in [9.17, 15) is 4.79 Å². The Bertz CT molecular complexity index is 348. The van der Waals surface area contributed by atoms with Crippen LogP contribution in [0, 0.1) is 5.92 Å². The molecule has 88 valence electrons. The van der Waals surface area contributed by atoms with Gasteiger partial charge in [-0.25, -0.2) is 4.79 Å². The smallest absolute Gasteiger partial charge is 0.319 e. The van der Waals surface area contributed by atoms with Crippen LogP contribution in [0.25, 0.3) is 0 Å². The molecule has 0 aromatic heterocycles. The Morgan fingerprint density at radius 1 is 1.38 bits per heavy atom. The van der Waals surface area contributed by atoms with E-state index in [2.05, 4.69) is 37.5 Å². The Hall–Kier alpha value is -1.51. The number of hydrogen-bond acceptors (Lipinski definition) is 1. The number of rotatable bonds is 4. The fourth-order valence-electron chi connectivity index (χ4n) is 1.34. The molecule has 0 bridgehead atoms. The summed E-state index contributed by atoms with van der Waals surface area (Å²) in [5.41, 5.74) is 2.07.